The summed E-state index contributed by atoms with van der Waals surface area (Å²) in [5.74, 6) is 0. The number of rotatable bonds is 6. The molecule has 2 aromatic carbocycles. The van der Waals surface area contributed by atoms with Crippen molar-refractivity contribution in [3.63, 3.8) is 0 Å². The Bertz CT molecular complexity index is 1060. The lowest BCUT2D eigenvalue weighted by Gasteiger charge is -2.04. The maximum absolute atomic E-state index is 12.2. The molecule has 0 radical (unpaired) electrons. The lowest BCUT2D eigenvalue weighted by molar-refractivity contribution is 0.584. The van der Waals surface area contributed by atoms with Crippen LogP contribution in [0.1, 0.15) is 16.8 Å². The second-order valence-electron chi connectivity index (χ2n) is 5.74. The molecule has 0 aliphatic rings. The Labute approximate surface area is 167 Å². The van der Waals surface area contributed by atoms with Crippen LogP contribution in [0, 0.1) is 6.92 Å². The normalized spacial score (nSPS) is 11.8. The van der Waals surface area contributed by atoms with Gasteiger partial charge in [-0.2, -0.15) is 18.6 Å². The van der Waals surface area contributed by atoms with Crippen LogP contribution in [0.25, 0.3) is 0 Å². The molecule has 0 saturated heterocycles. The first kappa shape index (κ1) is 19.4. The number of hydrogen-bond donors (Lipinski definition) is 1. The number of nitrogens with zero attached hydrogens (tertiary/aromatic N) is 3. The smallest absolute Gasteiger partial charge is 0.249 e. The molecule has 0 aliphatic carbocycles. The van der Waals surface area contributed by atoms with E-state index in [2.05, 4.69) is 15.0 Å². The molecule has 1 aromatic heterocycles. The Morgan fingerprint density at radius 3 is 2.44 bits per heavy atom. The van der Waals surface area contributed by atoms with Crippen LogP contribution in [0.3, 0.4) is 0 Å². The predicted octanol–water partition coefficient (Wildman–Crippen LogP) is 3.86. The minimum absolute atomic E-state index is 0.128. The van der Waals surface area contributed by atoms with Crippen molar-refractivity contribution < 1.29 is 8.42 Å². The zero-order valence-electron chi connectivity index (χ0n) is 14.3. The van der Waals surface area contributed by atoms with Crippen molar-refractivity contribution in [2.45, 2.75) is 18.4 Å². The molecular formula is C18H16Cl2N4O2S. The molecule has 9 heteroatoms. The highest BCUT2D eigenvalue weighted by atomic mass is 35.5. The van der Waals surface area contributed by atoms with Crippen LogP contribution >= 0.6 is 23.2 Å². The molecule has 0 saturated carbocycles. The minimum Gasteiger partial charge on any atom is -0.249 e. The van der Waals surface area contributed by atoms with Crippen molar-refractivity contribution in [1.29, 1.82) is 0 Å². The molecule has 1 N–H and O–H groups in total. The Morgan fingerprint density at radius 1 is 1.11 bits per heavy atom. The molecule has 0 aliphatic heterocycles. The Morgan fingerprint density at radius 2 is 1.78 bits per heavy atom. The number of benzene rings is 2. The van der Waals surface area contributed by atoms with E-state index in [-0.39, 0.29) is 4.90 Å². The van der Waals surface area contributed by atoms with Crippen LogP contribution in [-0.2, 0) is 16.6 Å². The van der Waals surface area contributed by atoms with Crippen LogP contribution in [0.5, 0.6) is 0 Å². The number of hydrazone groups is 1. The van der Waals surface area contributed by atoms with E-state index in [0.29, 0.717) is 28.0 Å². The number of halogens is 2. The molecule has 140 valence electrons. The van der Waals surface area contributed by atoms with Gasteiger partial charge in [-0.3, -0.25) is 0 Å². The quantitative estimate of drug-likeness (QED) is 0.483. The first-order valence-electron chi connectivity index (χ1n) is 7.94. The number of aromatic nitrogens is 2. The fourth-order valence-electron chi connectivity index (χ4n) is 2.39. The summed E-state index contributed by atoms with van der Waals surface area (Å²) in [5, 5.41) is 9.23. The molecular weight excluding hydrogens is 407 g/mol. The second-order valence-corrected chi connectivity index (χ2v) is 8.20. The SMILES string of the molecule is Cc1nn(Cc2ccc(Cl)cc2)c(Cl)c1/C=N\NS(=O)(=O)c1ccccc1. The van der Waals surface area contributed by atoms with Gasteiger partial charge in [0.25, 0.3) is 10.0 Å². The van der Waals surface area contributed by atoms with E-state index in [9.17, 15) is 8.42 Å². The van der Waals surface area contributed by atoms with Crippen molar-refractivity contribution in [1.82, 2.24) is 14.6 Å². The molecule has 0 unspecified atom stereocenters. The zero-order valence-corrected chi connectivity index (χ0v) is 16.6. The van der Waals surface area contributed by atoms with Crippen molar-refractivity contribution in [2.24, 2.45) is 5.10 Å². The van der Waals surface area contributed by atoms with Crippen molar-refractivity contribution in [3.05, 3.63) is 81.6 Å². The minimum atomic E-state index is -3.73. The summed E-state index contributed by atoms with van der Waals surface area (Å²) in [5.41, 5.74) is 2.16. The molecule has 0 bridgehead atoms. The maximum Gasteiger partial charge on any atom is 0.276 e. The van der Waals surface area contributed by atoms with Gasteiger partial charge in [-0.25, -0.2) is 9.51 Å². The highest BCUT2D eigenvalue weighted by molar-refractivity contribution is 7.89. The van der Waals surface area contributed by atoms with Crippen LogP contribution < -0.4 is 4.83 Å². The van der Waals surface area contributed by atoms with E-state index in [1.54, 1.807) is 41.9 Å². The van der Waals surface area contributed by atoms with E-state index in [1.165, 1.54) is 18.3 Å². The van der Waals surface area contributed by atoms with Crippen molar-refractivity contribution in [3.8, 4) is 0 Å². The van der Waals surface area contributed by atoms with Crippen LogP contribution in [0.2, 0.25) is 10.2 Å². The van der Waals surface area contributed by atoms with Crippen molar-refractivity contribution in [2.75, 3.05) is 0 Å². The molecule has 0 atom stereocenters. The summed E-state index contributed by atoms with van der Waals surface area (Å²) in [6, 6.07) is 15.3. The monoisotopic (exact) mass is 422 g/mol. The topological polar surface area (TPSA) is 76.3 Å². The largest absolute Gasteiger partial charge is 0.276 e. The molecule has 3 aromatic rings. The highest BCUT2D eigenvalue weighted by Crippen LogP contribution is 2.20. The van der Waals surface area contributed by atoms with E-state index >= 15 is 0 Å². The van der Waals surface area contributed by atoms with Crippen molar-refractivity contribution >= 4 is 39.4 Å². The number of sulfonamides is 1. The van der Waals surface area contributed by atoms with E-state index in [4.69, 9.17) is 23.2 Å². The van der Waals surface area contributed by atoms with Crippen LogP contribution in [0.4, 0.5) is 0 Å². The maximum atomic E-state index is 12.2. The lowest BCUT2D eigenvalue weighted by Crippen LogP contribution is -2.18. The third-order valence-corrected chi connectivity index (χ3v) is 5.66. The summed E-state index contributed by atoms with van der Waals surface area (Å²) >= 11 is 12.3. The summed E-state index contributed by atoms with van der Waals surface area (Å²) in [4.78, 5) is 2.30. The van der Waals surface area contributed by atoms with Gasteiger partial charge in [0.1, 0.15) is 5.15 Å². The third kappa shape index (κ3) is 4.68. The Balaban J connectivity index is 1.76. The number of nitrogens with one attached hydrogen (secondary N) is 1. The van der Waals surface area contributed by atoms with E-state index in [0.717, 1.165) is 5.56 Å². The fraction of sp³-hybridized carbons (Fsp3) is 0.111. The zero-order chi connectivity index (χ0) is 19.4. The summed E-state index contributed by atoms with van der Waals surface area (Å²) in [7, 11) is -3.73. The molecule has 3 rings (SSSR count). The van der Waals surface area contributed by atoms with Crippen LogP contribution in [0.15, 0.2) is 64.6 Å². The predicted molar refractivity (Wildman–Crippen MR) is 107 cm³/mol. The average Bonchev–Trinajstić information content (AvgIpc) is 2.91. The van der Waals surface area contributed by atoms with Crippen LogP contribution in [-0.4, -0.2) is 24.4 Å². The third-order valence-electron chi connectivity index (χ3n) is 3.78. The molecule has 0 fully saturated rings. The standard InChI is InChI=1S/C18H16Cl2N4O2S/c1-13-17(11-21-23-27(25,26)16-5-3-2-4-6-16)18(20)24(22-13)12-14-7-9-15(19)10-8-14/h2-11,23H,12H2,1H3/b21-11-. The fourth-order valence-corrected chi connectivity index (χ4v) is 3.62. The van der Waals surface area contributed by atoms with Gasteiger partial charge in [-0.15, -0.1) is 0 Å². The number of aryl methyl sites for hydroxylation is 1. The molecule has 6 nitrogen and oxygen atoms in total. The van der Waals surface area contributed by atoms with Gasteiger partial charge in [0.15, 0.2) is 0 Å². The Kier molecular flexibility index (Phi) is 5.84. The Hall–Kier alpha value is -2.35. The van der Waals surface area contributed by atoms with Gasteiger partial charge in [0.05, 0.1) is 28.9 Å². The summed E-state index contributed by atoms with van der Waals surface area (Å²) in [6.45, 7) is 2.23. The lowest BCUT2D eigenvalue weighted by atomic mass is 10.2. The van der Waals surface area contributed by atoms with Gasteiger partial charge in [-0.05, 0) is 36.8 Å². The first-order valence-corrected chi connectivity index (χ1v) is 10.2. The van der Waals surface area contributed by atoms with E-state index in [1.807, 2.05) is 12.1 Å². The van der Waals surface area contributed by atoms with Gasteiger partial charge in [0.2, 0.25) is 0 Å². The highest BCUT2D eigenvalue weighted by Gasteiger charge is 2.14. The number of hydrogen-bond acceptors (Lipinski definition) is 4. The first-order chi connectivity index (χ1) is 12.9. The van der Waals surface area contributed by atoms with Gasteiger partial charge in [0, 0.05) is 5.02 Å². The summed E-state index contributed by atoms with van der Waals surface area (Å²) in [6.07, 6.45) is 1.35. The van der Waals surface area contributed by atoms with Gasteiger partial charge < -0.3 is 0 Å². The average molecular weight is 423 g/mol. The van der Waals surface area contributed by atoms with E-state index < -0.39 is 10.0 Å². The molecule has 1 heterocycles. The van der Waals surface area contributed by atoms with Gasteiger partial charge in [-0.1, -0.05) is 53.5 Å². The van der Waals surface area contributed by atoms with Gasteiger partial charge >= 0.3 is 0 Å². The summed E-state index contributed by atoms with van der Waals surface area (Å²) < 4.78 is 26.0. The molecule has 0 spiro atoms. The second kappa shape index (κ2) is 8.12. The molecule has 0 amide bonds. The molecule has 27 heavy (non-hydrogen) atoms.